The van der Waals surface area contributed by atoms with Gasteiger partial charge in [-0.3, -0.25) is 9.59 Å². The molecule has 0 aliphatic carbocycles. The van der Waals surface area contributed by atoms with Gasteiger partial charge in [-0.05, 0) is 55.0 Å². The molecular weight excluding hydrogens is 571 g/mol. The number of amides is 2. The fraction of sp³-hybridized carbons (Fsp3) is 0.130. The number of hydrogen-bond donors (Lipinski definition) is 2. The Balaban J connectivity index is 1.89. The lowest BCUT2D eigenvalue weighted by atomic mass is 9.94. The Kier molecular flexibility index (Phi) is 8.50. The summed E-state index contributed by atoms with van der Waals surface area (Å²) in [6.07, 6.45) is 0. The molecule has 0 aromatic heterocycles. The second-order valence-electron chi connectivity index (χ2n) is 7.45. The van der Waals surface area contributed by atoms with Crippen LogP contribution in [0, 0.1) is 17.5 Å². The Labute approximate surface area is 223 Å². The van der Waals surface area contributed by atoms with E-state index in [-0.39, 0.29) is 37.6 Å². The Hall–Kier alpha value is -2.16. The lowest BCUT2D eigenvalue weighted by Crippen LogP contribution is -2.32. The lowest BCUT2D eigenvalue weighted by Gasteiger charge is -2.26. The molecule has 12 heteroatoms. The van der Waals surface area contributed by atoms with Gasteiger partial charge in [0, 0.05) is 11.8 Å². The van der Waals surface area contributed by atoms with Crippen LogP contribution in [0.3, 0.4) is 0 Å². The second-order valence-corrected chi connectivity index (χ2v) is 10.4. The Morgan fingerprint density at radius 2 is 1.54 bits per heavy atom. The van der Waals surface area contributed by atoms with Crippen molar-refractivity contribution in [3.8, 4) is 0 Å². The average Bonchev–Trinajstić information content (AvgIpc) is 2.74. The molecule has 0 bridgehead atoms. The van der Waals surface area contributed by atoms with Crippen molar-refractivity contribution in [2.75, 3.05) is 10.6 Å². The van der Waals surface area contributed by atoms with Crippen LogP contribution in [0.25, 0.3) is 0 Å². The van der Waals surface area contributed by atoms with Crippen LogP contribution >= 0.6 is 58.0 Å². The second kappa shape index (κ2) is 10.8. The quantitative estimate of drug-likeness (QED) is 0.227. The van der Waals surface area contributed by atoms with Crippen LogP contribution in [0.1, 0.15) is 28.8 Å². The van der Waals surface area contributed by atoms with Crippen LogP contribution in [-0.4, -0.2) is 16.1 Å². The monoisotopic (exact) mass is 582 g/mol. The van der Waals surface area contributed by atoms with Crippen molar-refractivity contribution in [2.45, 2.75) is 17.2 Å². The van der Waals surface area contributed by atoms with Crippen LogP contribution in [0.4, 0.5) is 24.5 Å². The molecular formula is C23H14Cl5F3N2O2. The van der Waals surface area contributed by atoms with E-state index < -0.39 is 39.5 Å². The maximum atomic E-state index is 14.2. The molecule has 0 fully saturated rings. The standard InChI is InChI=1S/C23H14Cl5F3N2O2/c1-23(27,28)19(10-6-15(25)20(26)17(31)7-10)22(35)32-12-3-4-14(24)13(9-12)21(34)33-18-5-2-11(29)8-16(18)30/h2-9,19H,1H3,(H,32,35)(H,33,34). The third-order valence-electron chi connectivity index (χ3n) is 4.77. The minimum Gasteiger partial charge on any atom is -0.325 e. The highest BCUT2D eigenvalue weighted by atomic mass is 35.5. The number of hydrogen-bond acceptors (Lipinski definition) is 2. The summed E-state index contributed by atoms with van der Waals surface area (Å²) in [5.41, 5.74) is -0.235. The molecule has 0 radical (unpaired) electrons. The zero-order valence-electron chi connectivity index (χ0n) is 17.5. The van der Waals surface area contributed by atoms with Crippen LogP contribution < -0.4 is 10.6 Å². The number of carbonyl (C=O) groups excluding carboxylic acids is 2. The van der Waals surface area contributed by atoms with E-state index >= 15 is 0 Å². The van der Waals surface area contributed by atoms with E-state index in [4.69, 9.17) is 58.0 Å². The third kappa shape index (κ3) is 6.54. The van der Waals surface area contributed by atoms with E-state index in [2.05, 4.69) is 10.6 Å². The molecule has 4 nitrogen and oxygen atoms in total. The smallest absolute Gasteiger partial charge is 0.257 e. The molecule has 0 heterocycles. The summed E-state index contributed by atoms with van der Waals surface area (Å²) >= 11 is 30.2. The molecule has 2 amide bonds. The van der Waals surface area contributed by atoms with Gasteiger partial charge >= 0.3 is 0 Å². The van der Waals surface area contributed by atoms with Crippen LogP contribution in [0.5, 0.6) is 0 Å². The molecule has 0 aliphatic heterocycles. The molecule has 184 valence electrons. The fourth-order valence-corrected chi connectivity index (χ4v) is 4.17. The molecule has 3 aromatic rings. The van der Waals surface area contributed by atoms with Crippen molar-refractivity contribution in [1.82, 2.24) is 0 Å². The molecule has 0 saturated carbocycles. The Morgan fingerprint density at radius 1 is 0.857 bits per heavy atom. The SMILES string of the molecule is CC(Cl)(Cl)C(C(=O)Nc1ccc(Cl)c(C(=O)Nc2ccc(F)cc2F)c1)c1cc(F)c(Cl)c(Cl)c1. The molecule has 0 spiro atoms. The number of anilines is 2. The Morgan fingerprint density at radius 3 is 2.14 bits per heavy atom. The van der Waals surface area contributed by atoms with E-state index in [9.17, 15) is 22.8 Å². The molecule has 1 atom stereocenters. The highest BCUT2D eigenvalue weighted by Crippen LogP contribution is 2.41. The van der Waals surface area contributed by atoms with Gasteiger partial charge in [-0.15, -0.1) is 23.2 Å². The summed E-state index contributed by atoms with van der Waals surface area (Å²) in [7, 11) is 0. The summed E-state index contributed by atoms with van der Waals surface area (Å²) in [6.45, 7) is 1.33. The number of carbonyl (C=O) groups is 2. The third-order valence-corrected chi connectivity index (χ3v) is 6.31. The number of alkyl halides is 2. The summed E-state index contributed by atoms with van der Waals surface area (Å²) in [5.74, 6) is -5.56. The van der Waals surface area contributed by atoms with Gasteiger partial charge in [0.25, 0.3) is 5.91 Å². The topological polar surface area (TPSA) is 58.2 Å². The van der Waals surface area contributed by atoms with Crippen molar-refractivity contribution in [1.29, 1.82) is 0 Å². The first-order valence-corrected chi connectivity index (χ1v) is 11.6. The van der Waals surface area contributed by atoms with Gasteiger partial charge < -0.3 is 10.6 Å². The van der Waals surface area contributed by atoms with Crippen molar-refractivity contribution >= 4 is 81.2 Å². The van der Waals surface area contributed by atoms with Gasteiger partial charge in [-0.1, -0.05) is 34.8 Å². The van der Waals surface area contributed by atoms with E-state index in [0.717, 1.165) is 18.2 Å². The zero-order valence-corrected chi connectivity index (χ0v) is 21.3. The first-order valence-electron chi connectivity index (χ1n) is 9.67. The van der Waals surface area contributed by atoms with E-state index in [1.165, 1.54) is 31.2 Å². The average molecular weight is 585 g/mol. The molecule has 3 rings (SSSR count). The molecule has 0 saturated heterocycles. The van der Waals surface area contributed by atoms with Crippen molar-refractivity contribution < 1.29 is 22.8 Å². The molecule has 2 N–H and O–H groups in total. The van der Waals surface area contributed by atoms with Gasteiger partial charge in [-0.2, -0.15) is 0 Å². The minimum absolute atomic E-state index is 0.00866. The van der Waals surface area contributed by atoms with E-state index in [0.29, 0.717) is 6.07 Å². The van der Waals surface area contributed by atoms with E-state index in [1.54, 1.807) is 0 Å². The summed E-state index contributed by atoms with van der Waals surface area (Å²) in [6, 6.07) is 8.81. The first-order chi connectivity index (χ1) is 16.3. The first kappa shape index (κ1) is 27.4. The van der Waals surface area contributed by atoms with Gasteiger partial charge in [0.1, 0.15) is 21.8 Å². The molecule has 1 unspecified atom stereocenters. The number of nitrogens with one attached hydrogen (secondary N) is 2. The zero-order chi connectivity index (χ0) is 26.1. The maximum Gasteiger partial charge on any atom is 0.257 e. The lowest BCUT2D eigenvalue weighted by molar-refractivity contribution is -0.117. The summed E-state index contributed by atoms with van der Waals surface area (Å²) in [5, 5.41) is 4.33. The van der Waals surface area contributed by atoms with Gasteiger partial charge in [0.15, 0.2) is 0 Å². The molecule has 3 aromatic carbocycles. The van der Waals surface area contributed by atoms with Crippen molar-refractivity contribution in [3.63, 3.8) is 0 Å². The van der Waals surface area contributed by atoms with Crippen LogP contribution in [0.15, 0.2) is 48.5 Å². The largest absolute Gasteiger partial charge is 0.325 e. The molecule has 35 heavy (non-hydrogen) atoms. The fourth-order valence-electron chi connectivity index (χ4n) is 3.19. The van der Waals surface area contributed by atoms with Gasteiger partial charge in [0.05, 0.1) is 32.2 Å². The highest BCUT2D eigenvalue weighted by Gasteiger charge is 2.38. The normalized spacial score (nSPS) is 12.3. The van der Waals surface area contributed by atoms with Crippen LogP contribution in [-0.2, 0) is 4.79 Å². The van der Waals surface area contributed by atoms with Gasteiger partial charge in [0.2, 0.25) is 5.91 Å². The maximum absolute atomic E-state index is 14.2. The van der Waals surface area contributed by atoms with Crippen molar-refractivity contribution in [2.24, 2.45) is 0 Å². The summed E-state index contributed by atoms with van der Waals surface area (Å²) < 4.78 is 39.5. The van der Waals surface area contributed by atoms with E-state index in [1.807, 2.05) is 0 Å². The van der Waals surface area contributed by atoms with Gasteiger partial charge in [-0.25, -0.2) is 13.2 Å². The van der Waals surface area contributed by atoms with Crippen LogP contribution in [0.2, 0.25) is 15.1 Å². The highest BCUT2D eigenvalue weighted by molar-refractivity contribution is 6.50. The van der Waals surface area contributed by atoms with Crippen molar-refractivity contribution in [3.05, 3.63) is 92.2 Å². The number of halogens is 8. The Bertz CT molecular complexity index is 1290. The number of rotatable bonds is 6. The predicted octanol–water partition coefficient (Wildman–Crippen LogP) is 8.23. The number of benzene rings is 3. The summed E-state index contributed by atoms with van der Waals surface area (Å²) in [4.78, 5) is 25.8. The minimum atomic E-state index is -1.71. The molecule has 0 aliphatic rings. The predicted molar refractivity (Wildman–Crippen MR) is 134 cm³/mol.